The highest BCUT2D eigenvalue weighted by atomic mass is 16.5. The van der Waals surface area contributed by atoms with Crippen molar-refractivity contribution in [3.63, 3.8) is 0 Å². The zero-order valence-electron chi connectivity index (χ0n) is 12.3. The Bertz CT molecular complexity index is 470. The molecule has 2 aliphatic rings. The summed E-state index contributed by atoms with van der Waals surface area (Å²) in [6, 6.07) is 10.2. The third kappa shape index (κ3) is 3.27. The summed E-state index contributed by atoms with van der Waals surface area (Å²) in [7, 11) is 0. The van der Waals surface area contributed by atoms with Crippen LogP contribution in [-0.2, 0) is 16.1 Å². The number of ether oxygens (including phenoxy) is 1. The molecule has 0 bridgehead atoms. The molecule has 0 aromatic heterocycles. The van der Waals surface area contributed by atoms with E-state index in [1.807, 2.05) is 23.1 Å². The van der Waals surface area contributed by atoms with E-state index in [1.54, 1.807) is 0 Å². The number of carbonyl (C=O) groups excluding carboxylic acids is 1. The largest absolute Gasteiger partial charge is 0.394 e. The van der Waals surface area contributed by atoms with Gasteiger partial charge in [-0.15, -0.1) is 0 Å². The fraction of sp³-hybridized carbons (Fsp3) is 0.588. The van der Waals surface area contributed by atoms with Gasteiger partial charge in [0.05, 0.1) is 25.4 Å². The molecule has 4 heteroatoms. The van der Waals surface area contributed by atoms with E-state index < -0.39 is 0 Å². The van der Waals surface area contributed by atoms with Crippen LogP contribution in [0.15, 0.2) is 30.3 Å². The van der Waals surface area contributed by atoms with Crippen LogP contribution in [0.4, 0.5) is 0 Å². The molecule has 114 valence electrons. The predicted molar refractivity (Wildman–Crippen MR) is 79.6 cm³/mol. The van der Waals surface area contributed by atoms with Crippen LogP contribution < -0.4 is 0 Å². The van der Waals surface area contributed by atoms with Crippen molar-refractivity contribution < 1.29 is 14.6 Å². The molecular formula is C17H23NO3. The molecule has 2 fully saturated rings. The number of benzene rings is 1. The summed E-state index contributed by atoms with van der Waals surface area (Å²) in [5.74, 6) is 0.309. The molecule has 1 N–H and O–H groups in total. The molecule has 0 radical (unpaired) electrons. The van der Waals surface area contributed by atoms with Crippen LogP contribution >= 0.6 is 0 Å². The smallest absolute Gasteiger partial charge is 0.226 e. The summed E-state index contributed by atoms with van der Waals surface area (Å²) in [6.45, 7) is 1.51. The standard InChI is InChI=1S/C17H23NO3/c19-11-15-7-4-8-18(15)17(20)14-9-16(10-14)21-12-13-5-2-1-3-6-13/h1-3,5-6,14-16,19H,4,7-12H2. The summed E-state index contributed by atoms with van der Waals surface area (Å²) >= 11 is 0. The van der Waals surface area contributed by atoms with Crippen molar-refractivity contribution in [1.29, 1.82) is 0 Å². The zero-order chi connectivity index (χ0) is 14.7. The van der Waals surface area contributed by atoms with Crippen molar-refractivity contribution in [3.8, 4) is 0 Å². The monoisotopic (exact) mass is 289 g/mol. The highest BCUT2D eigenvalue weighted by Gasteiger charge is 2.40. The summed E-state index contributed by atoms with van der Waals surface area (Å²) < 4.78 is 5.84. The molecule has 21 heavy (non-hydrogen) atoms. The third-order valence-electron chi connectivity index (χ3n) is 4.64. The topological polar surface area (TPSA) is 49.8 Å². The average molecular weight is 289 g/mol. The van der Waals surface area contributed by atoms with Gasteiger partial charge in [0.2, 0.25) is 5.91 Å². The quantitative estimate of drug-likeness (QED) is 0.901. The molecule has 4 nitrogen and oxygen atoms in total. The fourth-order valence-electron chi connectivity index (χ4n) is 3.24. The van der Waals surface area contributed by atoms with Crippen molar-refractivity contribution in [3.05, 3.63) is 35.9 Å². The van der Waals surface area contributed by atoms with E-state index in [0.717, 1.165) is 32.2 Å². The molecule has 0 spiro atoms. The highest BCUT2D eigenvalue weighted by Crippen LogP contribution is 2.34. The van der Waals surface area contributed by atoms with Crippen molar-refractivity contribution in [2.45, 2.75) is 44.4 Å². The van der Waals surface area contributed by atoms with E-state index in [0.29, 0.717) is 6.61 Å². The molecule has 3 rings (SSSR count). The minimum atomic E-state index is 0.0433. The second-order valence-electron chi connectivity index (χ2n) is 6.10. The van der Waals surface area contributed by atoms with E-state index in [-0.39, 0.29) is 30.6 Å². The summed E-state index contributed by atoms with van der Waals surface area (Å²) in [4.78, 5) is 14.2. The molecule has 1 unspecified atom stereocenters. The molecule has 1 heterocycles. The Labute approximate surface area is 125 Å². The molecule has 1 atom stereocenters. The fourth-order valence-corrected chi connectivity index (χ4v) is 3.24. The number of carbonyl (C=O) groups is 1. The minimum absolute atomic E-state index is 0.0433. The Balaban J connectivity index is 1.42. The maximum atomic E-state index is 12.4. The lowest BCUT2D eigenvalue weighted by Gasteiger charge is -2.37. The highest BCUT2D eigenvalue weighted by molar-refractivity contribution is 5.80. The molecule has 1 aliphatic carbocycles. The first-order chi connectivity index (χ1) is 10.3. The first-order valence-corrected chi connectivity index (χ1v) is 7.85. The number of hydrogen-bond acceptors (Lipinski definition) is 3. The van der Waals surface area contributed by atoms with E-state index in [1.165, 1.54) is 5.56 Å². The van der Waals surface area contributed by atoms with Gasteiger partial charge in [-0.1, -0.05) is 30.3 Å². The molecule has 1 amide bonds. The normalized spacial score (nSPS) is 28.4. The van der Waals surface area contributed by atoms with Crippen LogP contribution in [0.2, 0.25) is 0 Å². The number of aliphatic hydroxyl groups is 1. The third-order valence-corrected chi connectivity index (χ3v) is 4.64. The Hall–Kier alpha value is -1.39. The second-order valence-corrected chi connectivity index (χ2v) is 6.10. The Morgan fingerprint density at radius 3 is 2.76 bits per heavy atom. The molecule has 1 aromatic carbocycles. The lowest BCUT2D eigenvalue weighted by molar-refractivity contribution is -0.146. The first kappa shape index (κ1) is 14.5. The zero-order valence-corrected chi connectivity index (χ0v) is 12.3. The van der Waals surface area contributed by atoms with Crippen LogP contribution in [0.25, 0.3) is 0 Å². The van der Waals surface area contributed by atoms with Crippen LogP contribution in [0.3, 0.4) is 0 Å². The number of amides is 1. The first-order valence-electron chi connectivity index (χ1n) is 7.85. The molecule has 1 saturated heterocycles. The Morgan fingerprint density at radius 1 is 1.29 bits per heavy atom. The lowest BCUT2D eigenvalue weighted by Crippen LogP contribution is -2.47. The van der Waals surface area contributed by atoms with Crippen LogP contribution in [0.1, 0.15) is 31.2 Å². The number of likely N-dealkylation sites (tertiary alicyclic amines) is 1. The van der Waals surface area contributed by atoms with Gasteiger partial charge in [0, 0.05) is 12.5 Å². The number of rotatable bonds is 5. The van der Waals surface area contributed by atoms with E-state index in [4.69, 9.17) is 4.74 Å². The number of nitrogens with zero attached hydrogens (tertiary/aromatic N) is 1. The van der Waals surface area contributed by atoms with Gasteiger partial charge >= 0.3 is 0 Å². The van der Waals surface area contributed by atoms with Crippen molar-refractivity contribution in [1.82, 2.24) is 4.90 Å². The van der Waals surface area contributed by atoms with Crippen LogP contribution in [0, 0.1) is 5.92 Å². The van der Waals surface area contributed by atoms with Gasteiger partial charge in [-0.3, -0.25) is 4.79 Å². The van der Waals surface area contributed by atoms with Gasteiger partial charge in [0.25, 0.3) is 0 Å². The Kier molecular flexibility index (Phi) is 4.56. The van der Waals surface area contributed by atoms with Crippen molar-refractivity contribution >= 4 is 5.91 Å². The molecular weight excluding hydrogens is 266 g/mol. The molecule has 1 aliphatic heterocycles. The minimum Gasteiger partial charge on any atom is -0.394 e. The van der Waals surface area contributed by atoms with Gasteiger partial charge in [0.1, 0.15) is 0 Å². The lowest BCUT2D eigenvalue weighted by atomic mass is 9.81. The summed E-state index contributed by atoms with van der Waals surface area (Å²) in [5.41, 5.74) is 1.17. The molecule has 1 aromatic rings. The van der Waals surface area contributed by atoms with E-state index in [9.17, 15) is 9.90 Å². The maximum absolute atomic E-state index is 12.4. The van der Waals surface area contributed by atoms with Crippen LogP contribution in [0.5, 0.6) is 0 Å². The SMILES string of the molecule is O=C(C1CC(OCc2ccccc2)C1)N1CCCC1CO. The molecule has 1 saturated carbocycles. The summed E-state index contributed by atoms with van der Waals surface area (Å²) in [6.07, 6.45) is 3.79. The van der Waals surface area contributed by atoms with E-state index in [2.05, 4.69) is 12.1 Å². The number of aliphatic hydroxyl groups excluding tert-OH is 1. The van der Waals surface area contributed by atoms with Crippen molar-refractivity contribution in [2.75, 3.05) is 13.2 Å². The van der Waals surface area contributed by atoms with Crippen molar-refractivity contribution in [2.24, 2.45) is 5.92 Å². The second kappa shape index (κ2) is 6.58. The van der Waals surface area contributed by atoms with Gasteiger partial charge in [-0.25, -0.2) is 0 Å². The van der Waals surface area contributed by atoms with Crippen LogP contribution in [-0.4, -0.2) is 41.2 Å². The van der Waals surface area contributed by atoms with Gasteiger partial charge in [0.15, 0.2) is 0 Å². The summed E-state index contributed by atoms with van der Waals surface area (Å²) in [5, 5.41) is 9.30. The Morgan fingerprint density at radius 2 is 2.05 bits per heavy atom. The van der Waals surface area contributed by atoms with E-state index >= 15 is 0 Å². The number of hydrogen-bond donors (Lipinski definition) is 1. The van der Waals surface area contributed by atoms with Gasteiger partial charge in [-0.05, 0) is 31.2 Å². The predicted octanol–water partition coefficient (Wildman–Crippen LogP) is 1.97. The maximum Gasteiger partial charge on any atom is 0.226 e. The van der Waals surface area contributed by atoms with Gasteiger partial charge < -0.3 is 14.7 Å². The van der Waals surface area contributed by atoms with Gasteiger partial charge in [-0.2, -0.15) is 0 Å². The average Bonchev–Trinajstić information content (AvgIpc) is 2.95.